The van der Waals surface area contributed by atoms with Crippen LogP contribution < -0.4 is 21.7 Å². The number of hydrogen-bond acceptors (Lipinski definition) is 6. The Morgan fingerprint density at radius 1 is 0.944 bits per heavy atom. The molecule has 0 fully saturated rings. The number of carboxylic acids is 2. The summed E-state index contributed by atoms with van der Waals surface area (Å²) in [7, 11) is 0. The summed E-state index contributed by atoms with van der Waals surface area (Å²) in [6, 6.07) is 3.72. The summed E-state index contributed by atoms with van der Waals surface area (Å²) >= 11 is 0. The molecule has 0 spiro atoms. The number of aromatic amines is 1. The van der Waals surface area contributed by atoms with Crippen molar-refractivity contribution in [2.45, 2.75) is 57.7 Å². The molecule has 0 aliphatic heterocycles. The normalized spacial score (nSPS) is 13.6. The zero-order valence-electron chi connectivity index (χ0n) is 20.2. The molecule has 0 bridgehead atoms. The summed E-state index contributed by atoms with van der Waals surface area (Å²) in [4.78, 5) is 63.9. The number of rotatable bonds is 14. The molecule has 0 saturated carbocycles. The van der Waals surface area contributed by atoms with Gasteiger partial charge in [-0.3, -0.25) is 19.2 Å². The van der Waals surface area contributed by atoms with Crippen molar-refractivity contribution in [2.24, 2.45) is 11.7 Å². The van der Waals surface area contributed by atoms with E-state index in [1.54, 1.807) is 20.0 Å². The van der Waals surface area contributed by atoms with Gasteiger partial charge in [0.2, 0.25) is 17.7 Å². The van der Waals surface area contributed by atoms with E-state index in [-0.39, 0.29) is 31.7 Å². The summed E-state index contributed by atoms with van der Waals surface area (Å²) < 4.78 is 0. The van der Waals surface area contributed by atoms with E-state index in [9.17, 15) is 29.1 Å². The zero-order chi connectivity index (χ0) is 26.8. The summed E-state index contributed by atoms with van der Waals surface area (Å²) in [5.41, 5.74) is 6.97. The Kier molecular flexibility index (Phi) is 10.4. The van der Waals surface area contributed by atoms with Crippen LogP contribution in [0.4, 0.5) is 0 Å². The van der Waals surface area contributed by atoms with E-state index in [2.05, 4.69) is 20.9 Å². The second kappa shape index (κ2) is 13.2. The molecule has 3 atom stereocenters. The Bertz CT molecular complexity index is 1100. The molecule has 1 aromatic carbocycles. The van der Waals surface area contributed by atoms with Crippen molar-refractivity contribution in [3.63, 3.8) is 0 Å². The van der Waals surface area contributed by atoms with Gasteiger partial charge in [0.25, 0.3) is 0 Å². The molecule has 8 N–H and O–H groups in total. The molecular weight excluding hydrogens is 470 g/mol. The minimum absolute atomic E-state index is 0.0366. The SMILES string of the molecule is CC(C)CC(NC(=O)C(CCC(=O)O)NC(=O)C(Cc1c[nH]c2ccccc12)NC(=O)CN)C(=O)O. The van der Waals surface area contributed by atoms with Crippen LogP contribution >= 0.6 is 0 Å². The first-order chi connectivity index (χ1) is 17.0. The number of nitrogens with one attached hydrogen (secondary N) is 4. The Labute approximate surface area is 208 Å². The number of amides is 3. The Balaban J connectivity index is 2.25. The smallest absolute Gasteiger partial charge is 0.326 e. The predicted molar refractivity (Wildman–Crippen MR) is 131 cm³/mol. The average Bonchev–Trinajstić information content (AvgIpc) is 3.22. The second-order valence-corrected chi connectivity index (χ2v) is 8.91. The fraction of sp³-hybridized carbons (Fsp3) is 0.458. The van der Waals surface area contributed by atoms with Crippen LogP contribution in [0.1, 0.15) is 38.7 Å². The fourth-order valence-corrected chi connectivity index (χ4v) is 3.76. The number of aliphatic carboxylic acids is 2. The zero-order valence-corrected chi connectivity index (χ0v) is 20.2. The third kappa shape index (κ3) is 8.38. The number of aromatic nitrogens is 1. The molecular formula is C24H33N5O7. The lowest BCUT2D eigenvalue weighted by Gasteiger charge is -2.24. The van der Waals surface area contributed by atoms with Crippen LogP contribution in [0.2, 0.25) is 0 Å². The van der Waals surface area contributed by atoms with Crippen LogP contribution in [0, 0.1) is 5.92 Å². The molecule has 2 aromatic rings. The van der Waals surface area contributed by atoms with Gasteiger partial charge in [0.1, 0.15) is 18.1 Å². The van der Waals surface area contributed by atoms with E-state index in [1.807, 2.05) is 24.3 Å². The van der Waals surface area contributed by atoms with Crippen molar-refractivity contribution >= 4 is 40.6 Å². The first-order valence-corrected chi connectivity index (χ1v) is 11.6. The molecule has 3 unspecified atom stereocenters. The summed E-state index contributed by atoms with van der Waals surface area (Å²) in [5.74, 6) is -4.62. The number of carbonyl (C=O) groups excluding carboxylic acids is 3. The summed E-state index contributed by atoms with van der Waals surface area (Å²) in [5, 5.41) is 26.8. The van der Waals surface area contributed by atoms with E-state index in [0.29, 0.717) is 0 Å². The number of benzene rings is 1. The first kappa shape index (κ1) is 28.3. The van der Waals surface area contributed by atoms with E-state index in [1.165, 1.54) is 0 Å². The molecule has 2 rings (SSSR count). The maximum absolute atomic E-state index is 13.2. The molecule has 1 aromatic heterocycles. The Hall–Kier alpha value is -3.93. The number of H-pyrrole nitrogens is 1. The van der Waals surface area contributed by atoms with E-state index >= 15 is 0 Å². The van der Waals surface area contributed by atoms with Gasteiger partial charge in [-0.05, 0) is 30.4 Å². The van der Waals surface area contributed by atoms with E-state index in [4.69, 9.17) is 10.8 Å². The van der Waals surface area contributed by atoms with Crippen LogP contribution in [0.5, 0.6) is 0 Å². The standard InChI is InChI=1S/C24H33N5O7/c1-13(2)9-19(24(35)36)29-22(33)17(7-8-21(31)32)28-23(34)18(27-20(30)11-25)10-14-12-26-16-6-4-3-5-15(14)16/h3-6,12-13,17-19,26H,7-11,25H2,1-2H3,(H,27,30)(H,28,34)(H,29,33)(H,31,32)(H,35,36). The highest BCUT2D eigenvalue weighted by Gasteiger charge is 2.30. The van der Waals surface area contributed by atoms with Crippen LogP contribution in [-0.2, 0) is 30.4 Å². The third-order valence-electron chi connectivity index (χ3n) is 5.54. The molecule has 1 heterocycles. The van der Waals surface area contributed by atoms with Gasteiger partial charge >= 0.3 is 11.9 Å². The van der Waals surface area contributed by atoms with Gasteiger partial charge in [-0.25, -0.2) is 4.79 Å². The number of carbonyl (C=O) groups is 5. The highest BCUT2D eigenvalue weighted by molar-refractivity contribution is 5.94. The monoisotopic (exact) mass is 503 g/mol. The maximum Gasteiger partial charge on any atom is 0.326 e. The van der Waals surface area contributed by atoms with Gasteiger partial charge in [-0.2, -0.15) is 0 Å². The van der Waals surface area contributed by atoms with Crippen molar-refractivity contribution in [2.75, 3.05) is 6.54 Å². The van der Waals surface area contributed by atoms with Crippen LogP contribution in [-0.4, -0.2) is 69.5 Å². The lowest BCUT2D eigenvalue weighted by Crippen LogP contribution is -2.56. The lowest BCUT2D eigenvalue weighted by molar-refractivity contribution is -0.143. The van der Waals surface area contributed by atoms with Gasteiger partial charge < -0.3 is 36.9 Å². The number of hydrogen-bond donors (Lipinski definition) is 7. The molecule has 196 valence electrons. The number of para-hydroxylation sites is 1. The highest BCUT2D eigenvalue weighted by atomic mass is 16.4. The number of fused-ring (bicyclic) bond motifs is 1. The van der Waals surface area contributed by atoms with Gasteiger partial charge in [-0.1, -0.05) is 32.0 Å². The third-order valence-corrected chi connectivity index (χ3v) is 5.54. The van der Waals surface area contributed by atoms with E-state index < -0.39 is 54.2 Å². The number of carboxylic acid groups (broad SMARTS) is 2. The molecule has 36 heavy (non-hydrogen) atoms. The summed E-state index contributed by atoms with van der Waals surface area (Å²) in [6.07, 6.45) is 1.21. The molecule has 12 heteroatoms. The molecule has 3 amide bonds. The van der Waals surface area contributed by atoms with Gasteiger partial charge in [0.05, 0.1) is 6.54 Å². The van der Waals surface area contributed by atoms with Crippen molar-refractivity contribution in [3.8, 4) is 0 Å². The largest absolute Gasteiger partial charge is 0.481 e. The minimum atomic E-state index is -1.33. The van der Waals surface area contributed by atoms with Crippen LogP contribution in [0.25, 0.3) is 10.9 Å². The summed E-state index contributed by atoms with van der Waals surface area (Å²) in [6.45, 7) is 3.22. The van der Waals surface area contributed by atoms with Crippen molar-refractivity contribution < 1.29 is 34.2 Å². The fourth-order valence-electron chi connectivity index (χ4n) is 3.76. The van der Waals surface area contributed by atoms with Crippen molar-refractivity contribution in [1.29, 1.82) is 0 Å². The van der Waals surface area contributed by atoms with E-state index in [0.717, 1.165) is 16.5 Å². The maximum atomic E-state index is 13.2. The lowest BCUT2D eigenvalue weighted by atomic mass is 10.0. The molecule has 0 aliphatic rings. The Morgan fingerprint density at radius 2 is 1.58 bits per heavy atom. The molecule has 0 aliphatic carbocycles. The topological polar surface area (TPSA) is 204 Å². The second-order valence-electron chi connectivity index (χ2n) is 8.91. The van der Waals surface area contributed by atoms with Gasteiger partial charge in [0, 0.05) is 29.9 Å². The number of nitrogens with two attached hydrogens (primary N) is 1. The Morgan fingerprint density at radius 3 is 2.19 bits per heavy atom. The van der Waals surface area contributed by atoms with Crippen LogP contribution in [0.15, 0.2) is 30.5 Å². The molecule has 0 radical (unpaired) electrons. The van der Waals surface area contributed by atoms with Crippen LogP contribution in [0.3, 0.4) is 0 Å². The minimum Gasteiger partial charge on any atom is -0.481 e. The molecule has 0 saturated heterocycles. The predicted octanol–water partition coefficient (Wildman–Crippen LogP) is 0.119. The van der Waals surface area contributed by atoms with Gasteiger partial charge in [0.15, 0.2) is 0 Å². The molecule has 12 nitrogen and oxygen atoms in total. The van der Waals surface area contributed by atoms with Crippen molar-refractivity contribution in [1.82, 2.24) is 20.9 Å². The quantitative estimate of drug-likeness (QED) is 0.188. The van der Waals surface area contributed by atoms with Crippen molar-refractivity contribution in [3.05, 3.63) is 36.0 Å². The highest BCUT2D eigenvalue weighted by Crippen LogP contribution is 2.19. The average molecular weight is 504 g/mol. The first-order valence-electron chi connectivity index (χ1n) is 11.6. The van der Waals surface area contributed by atoms with Gasteiger partial charge in [-0.15, -0.1) is 0 Å².